The number of fused-ring (bicyclic) bond motifs is 1. The minimum Gasteiger partial charge on any atom is -0.497 e. The van der Waals surface area contributed by atoms with Crippen molar-refractivity contribution in [3.05, 3.63) is 41.6 Å². The summed E-state index contributed by atoms with van der Waals surface area (Å²) in [6, 6.07) is 8.91. The highest BCUT2D eigenvalue weighted by atomic mass is 35.5. The topological polar surface area (TPSA) is 81.0 Å². The van der Waals surface area contributed by atoms with Crippen LogP contribution in [0, 0.1) is 5.92 Å². The molecule has 0 saturated carbocycles. The van der Waals surface area contributed by atoms with Crippen LogP contribution in [0.5, 0.6) is 11.5 Å². The van der Waals surface area contributed by atoms with Crippen LogP contribution in [0.25, 0.3) is 5.65 Å². The Bertz CT molecular complexity index is 1020. The molecule has 3 aromatic rings. The van der Waals surface area contributed by atoms with Gasteiger partial charge in [0.1, 0.15) is 11.5 Å². The number of anilines is 2. The van der Waals surface area contributed by atoms with E-state index in [4.69, 9.17) is 21.1 Å². The molecule has 0 radical (unpaired) electrons. The highest BCUT2D eigenvalue weighted by molar-refractivity contribution is 6.30. The molecule has 1 N–H and O–H groups in total. The predicted octanol–water partition coefficient (Wildman–Crippen LogP) is 3.26. The molecule has 1 amide bonds. The van der Waals surface area contributed by atoms with Gasteiger partial charge in [-0.15, -0.1) is 10.2 Å². The first-order valence-electron chi connectivity index (χ1n) is 9.36. The molecule has 1 aliphatic heterocycles. The van der Waals surface area contributed by atoms with Gasteiger partial charge in [-0.25, -0.2) is 0 Å². The predicted molar refractivity (Wildman–Crippen MR) is 111 cm³/mol. The fraction of sp³-hybridized carbons (Fsp3) is 0.350. The number of carbonyl (C=O) groups excluding carboxylic acids is 1. The summed E-state index contributed by atoms with van der Waals surface area (Å²) in [5.74, 6) is 1.72. The SMILES string of the molecule is COc1cc(NC(=O)[C@@H]2CCCN(c3nnc4ccc(Cl)cn34)C2)cc(OC)c1. The van der Waals surface area contributed by atoms with Gasteiger partial charge in [-0.3, -0.25) is 9.20 Å². The molecule has 1 saturated heterocycles. The van der Waals surface area contributed by atoms with E-state index in [9.17, 15) is 4.79 Å². The van der Waals surface area contributed by atoms with Crippen LogP contribution in [0.3, 0.4) is 0 Å². The van der Waals surface area contributed by atoms with Gasteiger partial charge in [-0.05, 0) is 25.0 Å². The smallest absolute Gasteiger partial charge is 0.231 e. The van der Waals surface area contributed by atoms with Crippen LogP contribution in [0.4, 0.5) is 11.6 Å². The summed E-state index contributed by atoms with van der Waals surface area (Å²) in [5, 5.41) is 12.1. The average molecular weight is 416 g/mol. The third-order valence-electron chi connectivity index (χ3n) is 5.04. The van der Waals surface area contributed by atoms with Crippen molar-refractivity contribution in [2.45, 2.75) is 12.8 Å². The molecule has 1 aliphatic rings. The number of halogens is 1. The molecule has 0 bridgehead atoms. The van der Waals surface area contributed by atoms with E-state index in [0.29, 0.717) is 34.7 Å². The Labute approximate surface area is 173 Å². The number of piperidine rings is 1. The Kier molecular flexibility index (Phi) is 5.44. The van der Waals surface area contributed by atoms with Gasteiger partial charge in [0.15, 0.2) is 5.65 Å². The molecule has 2 aromatic heterocycles. The fourth-order valence-corrected chi connectivity index (χ4v) is 3.73. The molecule has 4 rings (SSSR count). The van der Waals surface area contributed by atoms with Crippen molar-refractivity contribution in [1.82, 2.24) is 14.6 Å². The Morgan fingerprint density at radius 1 is 1.17 bits per heavy atom. The molecule has 9 heteroatoms. The van der Waals surface area contributed by atoms with E-state index in [0.717, 1.165) is 25.0 Å². The number of benzene rings is 1. The number of hydrogen-bond acceptors (Lipinski definition) is 6. The van der Waals surface area contributed by atoms with Gasteiger partial charge in [0.05, 0.1) is 25.2 Å². The second-order valence-corrected chi connectivity index (χ2v) is 7.39. The first-order valence-corrected chi connectivity index (χ1v) is 9.74. The molecule has 8 nitrogen and oxygen atoms in total. The summed E-state index contributed by atoms with van der Waals surface area (Å²) < 4.78 is 12.4. The Balaban J connectivity index is 1.51. The number of amides is 1. The first-order chi connectivity index (χ1) is 14.1. The highest BCUT2D eigenvalue weighted by Crippen LogP contribution is 2.28. The molecule has 29 heavy (non-hydrogen) atoms. The summed E-state index contributed by atoms with van der Waals surface area (Å²) in [6.07, 6.45) is 3.48. The van der Waals surface area contributed by atoms with Crippen molar-refractivity contribution in [2.24, 2.45) is 5.92 Å². The molecular weight excluding hydrogens is 394 g/mol. The molecule has 0 unspecified atom stereocenters. The van der Waals surface area contributed by atoms with Gasteiger partial charge in [0.25, 0.3) is 0 Å². The molecule has 1 aromatic carbocycles. The van der Waals surface area contributed by atoms with Gasteiger partial charge >= 0.3 is 0 Å². The zero-order valence-electron chi connectivity index (χ0n) is 16.3. The molecule has 1 fully saturated rings. The molecule has 0 spiro atoms. The Hall–Kier alpha value is -3.00. The Morgan fingerprint density at radius 3 is 2.66 bits per heavy atom. The highest BCUT2D eigenvalue weighted by Gasteiger charge is 2.28. The third kappa shape index (κ3) is 4.07. The standard InChI is InChI=1S/C20H22ClN5O3/c1-28-16-8-15(9-17(10-16)29-2)22-19(27)13-4-3-7-25(11-13)20-24-23-18-6-5-14(21)12-26(18)20/h5-6,8-10,12-13H,3-4,7,11H2,1-2H3,(H,22,27)/t13-/m1/s1. The number of rotatable bonds is 5. The Morgan fingerprint density at radius 2 is 1.93 bits per heavy atom. The van der Waals surface area contributed by atoms with Gasteiger partial charge in [-0.2, -0.15) is 0 Å². The van der Waals surface area contributed by atoms with Crippen LogP contribution in [0.15, 0.2) is 36.5 Å². The maximum absolute atomic E-state index is 12.9. The second-order valence-electron chi connectivity index (χ2n) is 6.95. The van der Waals surface area contributed by atoms with E-state index in [-0.39, 0.29) is 11.8 Å². The number of nitrogens with zero attached hydrogens (tertiary/aromatic N) is 4. The van der Waals surface area contributed by atoms with Crippen molar-refractivity contribution in [2.75, 3.05) is 37.5 Å². The lowest BCUT2D eigenvalue weighted by Gasteiger charge is -2.32. The number of carbonyl (C=O) groups is 1. The van der Waals surface area contributed by atoms with Crippen molar-refractivity contribution in [1.29, 1.82) is 0 Å². The summed E-state index contributed by atoms with van der Waals surface area (Å²) in [7, 11) is 3.16. The van der Waals surface area contributed by atoms with Crippen LogP contribution in [-0.2, 0) is 4.79 Å². The van der Waals surface area contributed by atoms with Crippen molar-refractivity contribution >= 4 is 34.8 Å². The number of hydrogen-bond donors (Lipinski definition) is 1. The lowest BCUT2D eigenvalue weighted by molar-refractivity contribution is -0.120. The van der Waals surface area contributed by atoms with E-state index >= 15 is 0 Å². The number of aromatic nitrogens is 3. The average Bonchev–Trinajstić information content (AvgIpc) is 3.16. The molecule has 152 valence electrons. The molecular formula is C20H22ClN5O3. The number of pyridine rings is 1. The number of nitrogens with one attached hydrogen (secondary N) is 1. The maximum Gasteiger partial charge on any atom is 0.231 e. The number of ether oxygens (including phenoxy) is 2. The second kappa shape index (κ2) is 8.16. The summed E-state index contributed by atoms with van der Waals surface area (Å²) >= 11 is 6.13. The summed E-state index contributed by atoms with van der Waals surface area (Å²) in [4.78, 5) is 15.0. The van der Waals surface area contributed by atoms with Crippen LogP contribution in [0.1, 0.15) is 12.8 Å². The summed E-state index contributed by atoms with van der Waals surface area (Å²) in [6.45, 7) is 1.37. The van der Waals surface area contributed by atoms with E-state index in [1.54, 1.807) is 44.7 Å². The lowest BCUT2D eigenvalue weighted by Crippen LogP contribution is -2.41. The van der Waals surface area contributed by atoms with Gasteiger partial charge < -0.3 is 19.7 Å². The maximum atomic E-state index is 12.9. The molecule has 1 atom stereocenters. The van der Waals surface area contributed by atoms with Gasteiger partial charge in [0, 0.05) is 43.2 Å². The summed E-state index contributed by atoms with van der Waals surface area (Å²) in [5.41, 5.74) is 1.36. The normalized spacial score (nSPS) is 16.7. The van der Waals surface area contributed by atoms with Gasteiger partial charge in [0.2, 0.25) is 11.9 Å². The molecule has 0 aliphatic carbocycles. The lowest BCUT2D eigenvalue weighted by atomic mass is 9.97. The van der Waals surface area contributed by atoms with Crippen molar-refractivity contribution in [3.63, 3.8) is 0 Å². The van der Waals surface area contributed by atoms with E-state index in [1.165, 1.54) is 0 Å². The van der Waals surface area contributed by atoms with Gasteiger partial charge in [-0.1, -0.05) is 11.6 Å². The van der Waals surface area contributed by atoms with E-state index < -0.39 is 0 Å². The largest absolute Gasteiger partial charge is 0.497 e. The minimum absolute atomic E-state index is 0.0446. The van der Waals surface area contributed by atoms with E-state index in [2.05, 4.69) is 20.4 Å². The quantitative estimate of drug-likeness (QED) is 0.688. The van der Waals surface area contributed by atoms with Crippen molar-refractivity contribution < 1.29 is 14.3 Å². The molecule has 3 heterocycles. The third-order valence-corrected chi connectivity index (χ3v) is 5.27. The fourth-order valence-electron chi connectivity index (χ4n) is 3.57. The minimum atomic E-state index is -0.174. The van der Waals surface area contributed by atoms with Crippen LogP contribution in [0.2, 0.25) is 5.02 Å². The van der Waals surface area contributed by atoms with Crippen LogP contribution in [-0.4, -0.2) is 47.8 Å². The zero-order chi connectivity index (χ0) is 20.4. The van der Waals surface area contributed by atoms with E-state index in [1.807, 2.05) is 10.5 Å². The van der Waals surface area contributed by atoms with Crippen LogP contribution < -0.4 is 19.7 Å². The zero-order valence-corrected chi connectivity index (χ0v) is 17.0. The monoisotopic (exact) mass is 415 g/mol. The van der Waals surface area contributed by atoms with Crippen LogP contribution >= 0.6 is 11.6 Å². The number of methoxy groups -OCH3 is 2. The first kappa shape index (κ1) is 19.3. The van der Waals surface area contributed by atoms with Crippen molar-refractivity contribution in [3.8, 4) is 11.5 Å².